The van der Waals surface area contributed by atoms with Gasteiger partial charge in [0.25, 0.3) is 0 Å². The molecular weight excluding hydrogens is 409 g/mol. The van der Waals surface area contributed by atoms with Gasteiger partial charge >= 0.3 is 5.97 Å². The summed E-state index contributed by atoms with van der Waals surface area (Å²) in [5.41, 5.74) is 2.03. The Bertz CT molecular complexity index is 692. The fourth-order valence-corrected chi connectivity index (χ4v) is 3.45. The summed E-state index contributed by atoms with van der Waals surface area (Å²) in [7, 11) is 0. The first kappa shape index (κ1) is 22.0. The Balaban J connectivity index is 0.00000261. The zero-order valence-corrected chi connectivity index (χ0v) is 17.0. The van der Waals surface area contributed by atoms with Gasteiger partial charge in [0.2, 0.25) is 0 Å². The molecule has 146 valence electrons. The number of hydrogen-bond acceptors (Lipinski definition) is 3. The van der Waals surface area contributed by atoms with Crippen LogP contribution >= 0.6 is 35.6 Å². The van der Waals surface area contributed by atoms with Crippen LogP contribution in [-0.2, 0) is 9.53 Å². The molecule has 0 amide bonds. The lowest BCUT2D eigenvalue weighted by molar-refractivity contribution is -0.141. The summed E-state index contributed by atoms with van der Waals surface area (Å²) in [6.07, 6.45) is 0.482. The molecule has 0 spiro atoms. The zero-order chi connectivity index (χ0) is 18.5. The smallest absolute Gasteiger partial charge is 0.307 e. The standard InChI is InChI=1S/C20H21Cl2NO3.ClH/c21-17-5-1-14(2-6-17)19(15-3-7-18(22)8-4-15)26-12-11-23-10-9-16(13-23)20(24)25;/h1-8,16,19H,9-13H2,(H,24,25);1H. The van der Waals surface area contributed by atoms with Crippen LogP contribution in [0.2, 0.25) is 10.0 Å². The van der Waals surface area contributed by atoms with Crippen LogP contribution in [0.4, 0.5) is 0 Å². The van der Waals surface area contributed by atoms with Crippen molar-refractivity contribution < 1.29 is 14.6 Å². The molecule has 1 heterocycles. The van der Waals surface area contributed by atoms with Crippen molar-refractivity contribution in [2.75, 3.05) is 26.2 Å². The van der Waals surface area contributed by atoms with Gasteiger partial charge in [-0.15, -0.1) is 12.4 Å². The molecule has 7 heteroatoms. The number of likely N-dealkylation sites (tertiary alicyclic amines) is 1. The maximum atomic E-state index is 11.1. The van der Waals surface area contributed by atoms with Gasteiger partial charge in [0, 0.05) is 23.1 Å². The first-order valence-corrected chi connectivity index (χ1v) is 9.36. The number of carboxylic acid groups (broad SMARTS) is 1. The van der Waals surface area contributed by atoms with E-state index < -0.39 is 5.97 Å². The van der Waals surface area contributed by atoms with Crippen molar-refractivity contribution in [1.82, 2.24) is 4.90 Å². The average molecular weight is 431 g/mol. The minimum absolute atomic E-state index is 0. The average Bonchev–Trinajstić information content (AvgIpc) is 3.10. The van der Waals surface area contributed by atoms with E-state index in [1.807, 2.05) is 48.5 Å². The van der Waals surface area contributed by atoms with Gasteiger partial charge in [-0.3, -0.25) is 4.79 Å². The summed E-state index contributed by atoms with van der Waals surface area (Å²) in [4.78, 5) is 13.2. The Morgan fingerprint density at radius 3 is 2.04 bits per heavy atom. The molecule has 0 aromatic heterocycles. The van der Waals surface area contributed by atoms with E-state index in [4.69, 9.17) is 33.0 Å². The molecule has 2 aromatic rings. The van der Waals surface area contributed by atoms with Crippen molar-refractivity contribution in [3.05, 3.63) is 69.7 Å². The van der Waals surface area contributed by atoms with E-state index in [-0.39, 0.29) is 24.4 Å². The predicted molar refractivity (Wildman–Crippen MR) is 110 cm³/mol. The number of nitrogens with zero attached hydrogens (tertiary/aromatic N) is 1. The number of benzene rings is 2. The summed E-state index contributed by atoms with van der Waals surface area (Å²) >= 11 is 12.0. The second kappa shape index (κ2) is 10.3. The number of carbonyl (C=O) groups is 1. The molecule has 1 N–H and O–H groups in total. The molecule has 1 unspecified atom stereocenters. The highest BCUT2D eigenvalue weighted by molar-refractivity contribution is 6.30. The van der Waals surface area contributed by atoms with Crippen LogP contribution in [0.25, 0.3) is 0 Å². The van der Waals surface area contributed by atoms with Crippen molar-refractivity contribution >= 4 is 41.6 Å². The van der Waals surface area contributed by atoms with Gasteiger partial charge in [0.15, 0.2) is 0 Å². The van der Waals surface area contributed by atoms with E-state index in [0.717, 1.165) is 17.7 Å². The van der Waals surface area contributed by atoms with Crippen LogP contribution in [0.5, 0.6) is 0 Å². The highest BCUT2D eigenvalue weighted by Gasteiger charge is 2.27. The van der Waals surface area contributed by atoms with Gasteiger partial charge in [-0.25, -0.2) is 0 Å². The molecule has 1 aliphatic heterocycles. The first-order valence-electron chi connectivity index (χ1n) is 8.60. The van der Waals surface area contributed by atoms with Crippen molar-refractivity contribution in [1.29, 1.82) is 0 Å². The van der Waals surface area contributed by atoms with Gasteiger partial charge in [0.1, 0.15) is 6.10 Å². The van der Waals surface area contributed by atoms with E-state index in [1.54, 1.807) is 0 Å². The van der Waals surface area contributed by atoms with Gasteiger partial charge < -0.3 is 14.7 Å². The molecule has 1 fully saturated rings. The van der Waals surface area contributed by atoms with Crippen molar-refractivity contribution in [3.8, 4) is 0 Å². The molecule has 1 aliphatic rings. The number of rotatable bonds is 7. The molecule has 0 bridgehead atoms. The van der Waals surface area contributed by atoms with Crippen LogP contribution in [0.15, 0.2) is 48.5 Å². The molecule has 1 atom stereocenters. The molecular formula is C20H22Cl3NO3. The third-order valence-corrected chi connectivity index (χ3v) is 5.16. The zero-order valence-electron chi connectivity index (χ0n) is 14.7. The Morgan fingerprint density at radius 2 is 1.59 bits per heavy atom. The van der Waals surface area contributed by atoms with Gasteiger partial charge in [-0.1, -0.05) is 47.5 Å². The number of ether oxygens (including phenoxy) is 1. The maximum Gasteiger partial charge on any atom is 0.307 e. The lowest BCUT2D eigenvalue weighted by atomic mass is 10.0. The third-order valence-electron chi connectivity index (χ3n) is 4.66. The Kier molecular flexibility index (Phi) is 8.39. The minimum atomic E-state index is -0.714. The monoisotopic (exact) mass is 429 g/mol. The molecule has 1 saturated heterocycles. The van der Waals surface area contributed by atoms with E-state index in [0.29, 0.717) is 36.2 Å². The molecule has 0 saturated carbocycles. The molecule has 0 radical (unpaired) electrons. The largest absolute Gasteiger partial charge is 0.481 e. The van der Waals surface area contributed by atoms with Crippen LogP contribution in [-0.4, -0.2) is 42.2 Å². The number of aliphatic carboxylic acids is 1. The molecule has 27 heavy (non-hydrogen) atoms. The normalized spacial score (nSPS) is 17.1. The van der Waals surface area contributed by atoms with E-state index in [2.05, 4.69) is 4.90 Å². The Hall–Kier alpha value is -1.30. The van der Waals surface area contributed by atoms with Crippen molar-refractivity contribution in [2.24, 2.45) is 5.92 Å². The predicted octanol–water partition coefficient (Wildman–Crippen LogP) is 4.93. The van der Waals surface area contributed by atoms with E-state index >= 15 is 0 Å². The second-order valence-corrected chi connectivity index (χ2v) is 7.35. The van der Waals surface area contributed by atoms with Gasteiger partial charge in [-0.05, 0) is 48.4 Å². The summed E-state index contributed by atoms with van der Waals surface area (Å²) in [5.74, 6) is -0.980. The van der Waals surface area contributed by atoms with Gasteiger partial charge in [-0.2, -0.15) is 0 Å². The SMILES string of the molecule is Cl.O=C(O)C1CCN(CCOC(c2ccc(Cl)cc2)c2ccc(Cl)cc2)C1. The van der Waals surface area contributed by atoms with E-state index in [1.165, 1.54) is 0 Å². The number of hydrogen-bond donors (Lipinski definition) is 1. The fraction of sp³-hybridized carbons (Fsp3) is 0.350. The second-order valence-electron chi connectivity index (χ2n) is 6.48. The Labute approximate surface area is 175 Å². The van der Waals surface area contributed by atoms with Crippen molar-refractivity contribution in [3.63, 3.8) is 0 Å². The number of halogens is 3. The molecule has 2 aromatic carbocycles. The van der Waals surface area contributed by atoms with E-state index in [9.17, 15) is 4.79 Å². The quantitative estimate of drug-likeness (QED) is 0.677. The van der Waals surface area contributed by atoms with Crippen molar-refractivity contribution in [2.45, 2.75) is 12.5 Å². The molecule has 0 aliphatic carbocycles. The number of carboxylic acids is 1. The lowest BCUT2D eigenvalue weighted by Crippen LogP contribution is -2.27. The Morgan fingerprint density at radius 1 is 1.07 bits per heavy atom. The summed E-state index contributed by atoms with van der Waals surface area (Å²) in [6, 6.07) is 15.2. The topological polar surface area (TPSA) is 49.8 Å². The summed E-state index contributed by atoms with van der Waals surface area (Å²) in [5, 5.41) is 10.5. The summed E-state index contributed by atoms with van der Waals surface area (Å²) in [6.45, 7) is 2.61. The molecule has 4 nitrogen and oxygen atoms in total. The highest BCUT2D eigenvalue weighted by atomic mass is 35.5. The maximum absolute atomic E-state index is 11.1. The fourth-order valence-electron chi connectivity index (χ4n) is 3.20. The lowest BCUT2D eigenvalue weighted by Gasteiger charge is -2.22. The third kappa shape index (κ3) is 6.09. The van der Waals surface area contributed by atoms with Crippen LogP contribution in [0.3, 0.4) is 0 Å². The van der Waals surface area contributed by atoms with Crippen LogP contribution in [0, 0.1) is 5.92 Å². The summed E-state index contributed by atoms with van der Waals surface area (Å²) < 4.78 is 6.18. The van der Waals surface area contributed by atoms with Gasteiger partial charge in [0.05, 0.1) is 12.5 Å². The van der Waals surface area contributed by atoms with Crippen LogP contribution in [0.1, 0.15) is 23.7 Å². The highest BCUT2D eigenvalue weighted by Crippen LogP contribution is 2.28. The van der Waals surface area contributed by atoms with Crippen LogP contribution < -0.4 is 0 Å². The first-order chi connectivity index (χ1) is 12.5. The molecule has 3 rings (SSSR count). The minimum Gasteiger partial charge on any atom is -0.481 e.